The molecular formula is C17H29N3O3+2. The number of hydrogen-bond acceptors (Lipinski definition) is 3. The molecule has 0 spiro atoms. The lowest BCUT2D eigenvalue weighted by Crippen LogP contribution is -3.29. The largest absolute Gasteiger partial charge is 0.493 e. The predicted octanol–water partition coefficient (Wildman–Crippen LogP) is -1.88. The van der Waals surface area contributed by atoms with E-state index in [1.165, 1.54) is 4.90 Å². The van der Waals surface area contributed by atoms with Crippen molar-refractivity contribution in [2.45, 2.75) is 19.5 Å². The van der Waals surface area contributed by atoms with E-state index in [2.05, 4.69) is 12.4 Å². The van der Waals surface area contributed by atoms with Gasteiger partial charge in [-0.05, 0) is 24.6 Å². The van der Waals surface area contributed by atoms with Gasteiger partial charge in [-0.3, -0.25) is 4.79 Å². The summed E-state index contributed by atoms with van der Waals surface area (Å²) in [5.41, 5.74) is 1.00. The molecule has 1 heterocycles. The van der Waals surface area contributed by atoms with E-state index in [4.69, 9.17) is 9.47 Å². The maximum absolute atomic E-state index is 12.4. The van der Waals surface area contributed by atoms with E-state index >= 15 is 0 Å². The highest BCUT2D eigenvalue weighted by molar-refractivity contribution is 5.79. The van der Waals surface area contributed by atoms with E-state index < -0.39 is 0 Å². The number of hydrogen-bond donors (Lipinski definition) is 3. The van der Waals surface area contributed by atoms with E-state index in [-0.39, 0.29) is 11.9 Å². The molecule has 0 radical (unpaired) electrons. The molecule has 0 unspecified atom stereocenters. The minimum atomic E-state index is -0.0109. The number of likely N-dealkylation sites (N-methyl/N-ethyl adjacent to an activating group) is 1. The molecule has 1 saturated heterocycles. The average Bonchev–Trinajstić information content (AvgIpc) is 2.59. The van der Waals surface area contributed by atoms with Crippen molar-refractivity contribution in [1.82, 2.24) is 5.32 Å². The Labute approximate surface area is 138 Å². The topological polar surface area (TPSA) is 56.4 Å². The molecule has 1 fully saturated rings. The van der Waals surface area contributed by atoms with Crippen LogP contribution in [0.3, 0.4) is 0 Å². The lowest BCUT2D eigenvalue weighted by atomic mass is 10.1. The number of amides is 1. The zero-order chi connectivity index (χ0) is 16.8. The molecule has 6 nitrogen and oxygen atoms in total. The van der Waals surface area contributed by atoms with Crippen LogP contribution in [0, 0.1) is 0 Å². The van der Waals surface area contributed by atoms with Gasteiger partial charge in [-0.1, -0.05) is 6.07 Å². The molecule has 0 saturated carbocycles. The summed E-state index contributed by atoms with van der Waals surface area (Å²) in [6, 6.07) is 5.69. The first kappa shape index (κ1) is 17.6. The number of piperazine rings is 1. The monoisotopic (exact) mass is 323 g/mol. The van der Waals surface area contributed by atoms with E-state index in [0.29, 0.717) is 18.0 Å². The third kappa shape index (κ3) is 4.59. The van der Waals surface area contributed by atoms with Crippen molar-refractivity contribution in [2.24, 2.45) is 0 Å². The van der Waals surface area contributed by atoms with Gasteiger partial charge in [0.1, 0.15) is 26.2 Å². The smallest absolute Gasteiger partial charge is 0.278 e. The summed E-state index contributed by atoms with van der Waals surface area (Å²) < 4.78 is 10.5. The number of quaternary nitrogens is 2. The van der Waals surface area contributed by atoms with Gasteiger partial charge in [-0.25, -0.2) is 0 Å². The second-order valence-corrected chi connectivity index (χ2v) is 6.24. The zero-order valence-electron chi connectivity index (χ0n) is 14.6. The van der Waals surface area contributed by atoms with Crippen LogP contribution in [-0.2, 0) is 11.3 Å². The van der Waals surface area contributed by atoms with E-state index in [9.17, 15) is 4.79 Å². The molecular weight excluding hydrogens is 294 g/mol. The fourth-order valence-corrected chi connectivity index (χ4v) is 2.95. The van der Waals surface area contributed by atoms with Crippen LogP contribution in [0.5, 0.6) is 11.5 Å². The first-order chi connectivity index (χ1) is 11.0. The molecule has 6 heteroatoms. The summed E-state index contributed by atoms with van der Waals surface area (Å²) >= 11 is 0. The standard InChI is InChI=1S/C17H27N3O3/c1-13(20-9-7-19(2)8-10-20)17(21)18-12-14-5-6-15(22-3)16(11-14)23-4/h5-6,11,13H,7-10,12H2,1-4H3,(H,18,21)/p+2/t13-/m0/s1. The van der Waals surface area contributed by atoms with Crippen LogP contribution in [0.1, 0.15) is 12.5 Å². The Balaban J connectivity index is 1.88. The predicted molar refractivity (Wildman–Crippen MR) is 88.2 cm³/mol. The quantitative estimate of drug-likeness (QED) is 0.574. The maximum Gasteiger partial charge on any atom is 0.278 e. The molecule has 2 rings (SSSR count). The van der Waals surface area contributed by atoms with Crippen LogP contribution < -0.4 is 24.6 Å². The van der Waals surface area contributed by atoms with Gasteiger partial charge >= 0.3 is 0 Å². The van der Waals surface area contributed by atoms with Crippen molar-refractivity contribution < 1.29 is 24.1 Å². The highest BCUT2D eigenvalue weighted by atomic mass is 16.5. The summed E-state index contributed by atoms with van der Waals surface area (Å²) in [7, 11) is 5.43. The number of methoxy groups -OCH3 is 2. The van der Waals surface area contributed by atoms with E-state index in [1.807, 2.05) is 25.1 Å². The lowest BCUT2D eigenvalue weighted by molar-refractivity contribution is -1.01. The minimum absolute atomic E-state index is 0.0109. The highest BCUT2D eigenvalue weighted by Gasteiger charge is 2.29. The Kier molecular flexibility index (Phi) is 6.24. The fraction of sp³-hybridized carbons (Fsp3) is 0.588. The van der Waals surface area contributed by atoms with Gasteiger partial charge in [0.05, 0.1) is 21.3 Å². The molecule has 0 bridgehead atoms. The van der Waals surface area contributed by atoms with Gasteiger partial charge in [0.2, 0.25) is 0 Å². The number of carbonyl (C=O) groups excluding carboxylic acids is 1. The normalized spacial score (nSPS) is 22.3. The number of ether oxygens (including phenoxy) is 2. The number of nitrogens with one attached hydrogen (secondary N) is 3. The molecule has 0 aliphatic carbocycles. The minimum Gasteiger partial charge on any atom is -0.493 e. The Morgan fingerprint density at radius 1 is 1.17 bits per heavy atom. The number of rotatable bonds is 6. The van der Waals surface area contributed by atoms with Crippen molar-refractivity contribution in [3.05, 3.63) is 23.8 Å². The summed E-state index contributed by atoms with van der Waals surface area (Å²) in [6.45, 7) is 6.88. The van der Waals surface area contributed by atoms with E-state index in [0.717, 1.165) is 31.7 Å². The van der Waals surface area contributed by atoms with Crippen molar-refractivity contribution in [3.8, 4) is 11.5 Å². The Hall–Kier alpha value is -1.79. The van der Waals surface area contributed by atoms with Gasteiger partial charge < -0.3 is 24.6 Å². The molecule has 1 aliphatic heterocycles. The van der Waals surface area contributed by atoms with Crippen molar-refractivity contribution >= 4 is 5.91 Å². The van der Waals surface area contributed by atoms with Gasteiger partial charge in [0, 0.05) is 6.54 Å². The third-order valence-corrected chi connectivity index (χ3v) is 4.67. The van der Waals surface area contributed by atoms with Crippen LogP contribution >= 0.6 is 0 Å². The SMILES string of the molecule is COc1ccc(CNC(=O)[C@H](C)[NH+]2CC[NH+](C)CC2)cc1OC. The molecule has 1 amide bonds. The summed E-state index contributed by atoms with van der Waals surface area (Å²) in [4.78, 5) is 15.3. The van der Waals surface area contributed by atoms with Crippen molar-refractivity contribution in [1.29, 1.82) is 0 Å². The first-order valence-electron chi connectivity index (χ1n) is 8.19. The molecule has 1 aliphatic rings. The van der Waals surface area contributed by atoms with Gasteiger partial charge in [-0.2, -0.15) is 0 Å². The van der Waals surface area contributed by atoms with E-state index in [1.54, 1.807) is 19.1 Å². The van der Waals surface area contributed by atoms with Crippen LogP contribution in [0.4, 0.5) is 0 Å². The lowest BCUT2D eigenvalue weighted by Gasteiger charge is -2.30. The highest BCUT2D eigenvalue weighted by Crippen LogP contribution is 2.27. The molecule has 1 atom stereocenters. The Morgan fingerprint density at radius 2 is 1.83 bits per heavy atom. The molecule has 23 heavy (non-hydrogen) atoms. The summed E-state index contributed by atoms with van der Waals surface area (Å²) in [5.74, 6) is 1.48. The molecule has 0 aromatic heterocycles. The summed E-state index contributed by atoms with van der Waals surface area (Å²) in [5, 5.41) is 3.03. The van der Waals surface area contributed by atoms with Gasteiger partial charge in [-0.15, -0.1) is 0 Å². The Morgan fingerprint density at radius 3 is 2.43 bits per heavy atom. The van der Waals surface area contributed by atoms with Crippen LogP contribution in [0.25, 0.3) is 0 Å². The summed E-state index contributed by atoms with van der Waals surface area (Å²) in [6.07, 6.45) is 0. The van der Waals surface area contributed by atoms with Crippen LogP contribution in [-0.4, -0.2) is 59.4 Å². The van der Waals surface area contributed by atoms with Crippen LogP contribution in [0.2, 0.25) is 0 Å². The molecule has 3 N–H and O–H groups in total. The van der Waals surface area contributed by atoms with Crippen molar-refractivity contribution in [2.75, 3.05) is 47.4 Å². The van der Waals surface area contributed by atoms with Crippen LogP contribution in [0.15, 0.2) is 18.2 Å². The second kappa shape index (κ2) is 8.17. The Bertz CT molecular complexity index is 528. The number of carbonyl (C=O) groups is 1. The van der Waals surface area contributed by atoms with Gasteiger partial charge in [0.15, 0.2) is 17.5 Å². The first-order valence-corrected chi connectivity index (χ1v) is 8.19. The maximum atomic E-state index is 12.4. The molecule has 1 aromatic rings. The molecule has 1 aromatic carbocycles. The van der Waals surface area contributed by atoms with Gasteiger partial charge in [0.25, 0.3) is 5.91 Å². The second-order valence-electron chi connectivity index (χ2n) is 6.24. The molecule has 128 valence electrons. The third-order valence-electron chi connectivity index (χ3n) is 4.67. The fourth-order valence-electron chi connectivity index (χ4n) is 2.95. The van der Waals surface area contributed by atoms with Crippen molar-refractivity contribution in [3.63, 3.8) is 0 Å². The zero-order valence-corrected chi connectivity index (χ0v) is 14.6. The average molecular weight is 323 g/mol. The number of benzene rings is 1.